The molecule has 0 radical (unpaired) electrons. The van der Waals surface area contributed by atoms with E-state index in [-0.39, 0.29) is 11.7 Å². The van der Waals surface area contributed by atoms with Crippen molar-refractivity contribution >= 4 is 17.4 Å². The summed E-state index contributed by atoms with van der Waals surface area (Å²) in [5.74, 6) is -0.521. The van der Waals surface area contributed by atoms with E-state index in [2.05, 4.69) is 16.5 Å². The molecule has 0 fully saturated rings. The number of amides is 1. The lowest BCUT2D eigenvalue weighted by molar-refractivity contribution is 0.0996. The van der Waals surface area contributed by atoms with Crippen molar-refractivity contribution < 1.29 is 9.59 Å². The first kappa shape index (κ1) is 20.3. The largest absolute Gasteiger partial charge is 0.319 e. The standard InChI is InChI=1S/C26H23N3O2/c1-18-10-12-21(13-11-18)25(30)23-8-3-4-9-24(23)26(31)28-22-15-27-29(17-22)16-20-7-5-6-19(2)14-20/h3-15,17H,16H2,1-2H3,(H,28,31). The van der Waals surface area contributed by atoms with Gasteiger partial charge in [-0.05, 0) is 25.5 Å². The molecule has 0 unspecified atom stereocenters. The SMILES string of the molecule is Cc1ccc(C(=O)c2ccccc2C(=O)Nc2cnn(Cc3cccc(C)c3)c2)cc1. The van der Waals surface area contributed by atoms with Crippen LogP contribution in [0.15, 0.2) is 85.2 Å². The molecule has 5 heteroatoms. The fourth-order valence-electron chi connectivity index (χ4n) is 3.45. The Morgan fingerprint density at radius 2 is 1.61 bits per heavy atom. The molecule has 3 aromatic carbocycles. The third-order valence-electron chi connectivity index (χ3n) is 5.05. The molecule has 0 bridgehead atoms. The van der Waals surface area contributed by atoms with Crippen LogP contribution in [0.4, 0.5) is 5.69 Å². The molecule has 0 atom stereocenters. The highest BCUT2D eigenvalue weighted by molar-refractivity contribution is 6.17. The summed E-state index contributed by atoms with van der Waals surface area (Å²) in [5.41, 5.74) is 5.23. The number of benzene rings is 3. The number of nitrogens with zero attached hydrogens (tertiary/aromatic N) is 2. The molecular weight excluding hydrogens is 386 g/mol. The zero-order valence-electron chi connectivity index (χ0n) is 17.5. The van der Waals surface area contributed by atoms with Gasteiger partial charge in [0.05, 0.1) is 24.0 Å². The second-order valence-corrected chi connectivity index (χ2v) is 7.61. The van der Waals surface area contributed by atoms with E-state index >= 15 is 0 Å². The maximum Gasteiger partial charge on any atom is 0.256 e. The molecule has 0 aliphatic rings. The summed E-state index contributed by atoms with van der Waals surface area (Å²) in [5, 5.41) is 7.19. The van der Waals surface area contributed by atoms with Gasteiger partial charge in [-0.2, -0.15) is 5.10 Å². The third kappa shape index (κ3) is 4.78. The first-order valence-corrected chi connectivity index (χ1v) is 10.1. The summed E-state index contributed by atoms with van der Waals surface area (Å²) in [6.45, 7) is 4.63. The molecule has 1 amide bonds. The van der Waals surface area contributed by atoms with Gasteiger partial charge in [-0.1, -0.05) is 77.9 Å². The smallest absolute Gasteiger partial charge is 0.256 e. The van der Waals surface area contributed by atoms with E-state index in [0.29, 0.717) is 28.9 Å². The molecule has 0 saturated heterocycles. The lowest BCUT2D eigenvalue weighted by atomic mass is 9.97. The van der Waals surface area contributed by atoms with Crippen molar-refractivity contribution in [2.75, 3.05) is 5.32 Å². The maximum atomic E-state index is 13.0. The van der Waals surface area contributed by atoms with E-state index in [4.69, 9.17) is 0 Å². The van der Waals surface area contributed by atoms with Crippen LogP contribution >= 0.6 is 0 Å². The van der Waals surface area contributed by atoms with E-state index in [1.807, 2.05) is 44.2 Å². The van der Waals surface area contributed by atoms with Crippen molar-refractivity contribution in [3.8, 4) is 0 Å². The Labute approximate surface area is 181 Å². The highest BCUT2D eigenvalue weighted by Crippen LogP contribution is 2.18. The van der Waals surface area contributed by atoms with E-state index in [0.717, 1.165) is 11.1 Å². The number of carbonyl (C=O) groups is 2. The minimum absolute atomic E-state index is 0.180. The molecule has 1 aromatic heterocycles. The lowest BCUT2D eigenvalue weighted by Crippen LogP contribution is -2.16. The van der Waals surface area contributed by atoms with Gasteiger partial charge in [-0.3, -0.25) is 14.3 Å². The van der Waals surface area contributed by atoms with Crippen LogP contribution in [0.5, 0.6) is 0 Å². The molecule has 5 nitrogen and oxygen atoms in total. The molecule has 1 N–H and O–H groups in total. The van der Waals surface area contributed by atoms with Crippen LogP contribution < -0.4 is 5.32 Å². The van der Waals surface area contributed by atoms with Gasteiger partial charge in [-0.15, -0.1) is 0 Å². The zero-order valence-corrected chi connectivity index (χ0v) is 17.5. The van der Waals surface area contributed by atoms with Crippen LogP contribution in [0, 0.1) is 13.8 Å². The van der Waals surface area contributed by atoms with E-state index < -0.39 is 0 Å². The molecule has 0 aliphatic carbocycles. The Balaban J connectivity index is 1.51. The molecule has 0 aliphatic heterocycles. The molecule has 31 heavy (non-hydrogen) atoms. The predicted octanol–water partition coefficient (Wildman–Crippen LogP) is 5.03. The van der Waals surface area contributed by atoms with Crippen molar-refractivity contribution in [1.82, 2.24) is 9.78 Å². The van der Waals surface area contributed by atoms with E-state index in [1.165, 1.54) is 5.56 Å². The summed E-state index contributed by atoms with van der Waals surface area (Å²) in [4.78, 5) is 25.9. The minimum Gasteiger partial charge on any atom is -0.319 e. The van der Waals surface area contributed by atoms with Gasteiger partial charge in [0.2, 0.25) is 0 Å². The lowest BCUT2D eigenvalue weighted by Gasteiger charge is -2.09. The number of anilines is 1. The molecule has 0 saturated carbocycles. The molecule has 4 aromatic rings. The summed E-state index contributed by atoms with van der Waals surface area (Å²) < 4.78 is 1.77. The van der Waals surface area contributed by atoms with Gasteiger partial charge < -0.3 is 5.32 Å². The molecule has 4 rings (SSSR count). The zero-order chi connectivity index (χ0) is 21.8. The Morgan fingerprint density at radius 3 is 2.35 bits per heavy atom. The number of aryl methyl sites for hydroxylation is 2. The number of aromatic nitrogens is 2. The maximum absolute atomic E-state index is 13.0. The summed E-state index contributed by atoms with van der Waals surface area (Å²) in [7, 11) is 0. The van der Waals surface area contributed by atoms with Crippen LogP contribution in [0.1, 0.15) is 43.0 Å². The molecule has 1 heterocycles. The fraction of sp³-hybridized carbons (Fsp3) is 0.115. The van der Waals surface area contributed by atoms with E-state index in [9.17, 15) is 9.59 Å². The normalized spacial score (nSPS) is 10.6. The van der Waals surface area contributed by atoms with Crippen molar-refractivity contribution in [3.05, 3.63) is 119 Å². The quantitative estimate of drug-likeness (QED) is 0.454. The monoisotopic (exact) mass is 409 g/mol. The van der Waals surface area contributed by atoms with Gasteiger partial charge in [0.1, 0.15) is 0 Å². The summed E-state index contributed by atoms with van der Waals surface area (Å²) in [6, 6.07) is 22.4. The van der Waals surface area contributed by atoms with Crippen LogP contribution in [0.25, 0.3) is 0 Å². The van der Waals surface area contributed by atoms with Crippen LogP contribution in [0.2, 0.25) is 0 Å². The summed E-state index contributed by atoms with van der Waals surface area (Å²) >= 11 is 0. The second-order valence-electron chi connectivity index (χ2n) is 7.61. The Hall–Kier alpha value is -3.99. The highest BCUT2D eigenvalue weighted by Gasteiger charge is 2.18. The van der Waals surface area contributed by atoms with E-state index in [1.54, 1.807) is 53.5 Å². The number of nitrogens with one attached hydrogen (secondary N) is 1. The first-order valence-electron chi connectivity index (χ1n) is 10.1. The second kappa shape index (κ2) is 8.79. The first-order chi connectivity index (χ1) is 15.0. The Kier molecular flexibility index (Phi) is 5.76. The van der Waals surface area contributed by atoms with Gasteiger partial charge in [0.25, 0.3) is 5.91 Å². The number of rotatable bonds is 6. The molecule has 154 valence electrons. The predicted molar refractivity (Wildman–Crippen MR) is 122 cm³/mol. The van der Waals surface area contributed by atoms with Crippen molar-refractivity contribution in [2.24, 2.45) is 0 Å². The molecule has 0 spiro atoms. The number of ketones is 1. The van der Waals surface area contributed by atoms with Crippen molar-refractivity contribution in [2.45, 2.75) is 20.4 Å². The average molecular weight is 409 g/mol. The van der Waals surface area contributed by atoms with Crippen LogP contribution in [-0.4, -0.2) is 21.5 Å². The average Bonchev–Trinajstić information content (AvgIpc) is 3.20. The topological polar surface area (TPSA) is 64.0 Å². The number of hydrogen-bond acceptors (Lipinski definition) is 3. The van der Waals surface area contributed by atoms with Gasteiger partial charge in [0.15, 0.2) is 5.78 Å². The Bertz CT molecular complexity index is 1240. The number of hydrogen-bond donors (Lipinski definition) is 1. The van der Waals surface area contributed by atoms with Crippen LogP contribution in [0.3, 0.4) is 0 Å². The van der Waals surface area contributed by atoms with Crippen molar-refractivity contribution in [3.63, 3.8) is 0 Å². The van der Waals surface area contributed by atoms with Gasteiger partial charge >= 0.3 is 0 Å². The Morgan fingerprint density at radius 1 is 0.871 bits per heavy atom. The fourth-order valence-corrected chi connectivity index (χ4v) is 3.45. The van der Waals surface area contributed by atoms with Gasteiger partial charge in [0, 0.05) is 17.3 Å². The van der Waals surface area contributed by atoms with Crippen molar-refractivity contribution in [1.29, 1.82) is 0 Å². The minimum atomic E-state index is -0.342. The summed E-state index contributed by atoms with van der Waals surface area (Å²) in [6.07, 6.45) is 3.39. The number of carbonyl (C=O) groups excluding carboxylic acids is 2. The van der Waals surface area contributed by atoms with Crippen LogP contribution in [-0.2, 0) is 6.54 Å². The van der Waals surface area contributed by atoms with Gasteiger partial charge in [-0.25, -0.2) is 0 Å². The third-order valence-corrected chi connectivity index (χ3v) is 5.05. The highest BCUT2D eigenvalue weighted by atomic mass is 16.2. The molecular formula is C26H23N3O2.